The molecule has 1 aromatic heterocycles. The van der Waals surface area contributed by atoms with Crippen LogP contribution < -0.4 is 5.32 Å². The first-order valence-electron chi connectivity index (χ1n) is 8.39. The Hall–Kier alpha value is -2.47. The van der Waals surface area contributed by atoms with Crippen LogP contribution in [0, 0.1) is 27.7 Å². The predicted octanol–water partition coefficient (Wildman–Crippen LogP) is 4.13. The molecule has 26 heavy (non-hydrogen) atoms. The number of anilines is 1. The summed E-state index contributed by atoms with van der Waals surface area (Å²) in [5.74, 6) is -1.04. The van der Waals surface area contributed by atoms with E-state index in [2.05, 4.69) is 5.32 Å². The molecule has 0 saturated heterocycles. The SMILES string of the molecule is Cc1cc(C(=O)CCC(=O)OCC(=O)Nc2ccc(C)c(C)c2)c(C)s1. The second-order valence-corrected chi connectivity index (χ2v) is 7.72. The number of rotatable bonds is 7. The second kappa shape index (κ2) is 8.76. The van der Waals surface area contributed by atoms with Gasteiger partial charge in [-0.15, -0.1) is 11.3 Å². The molecule has 0 bridgehead atoms. The van der Waals surface area contributed by atoms with E-state index in [-0.39, 0.29) is 25.2 Å². The van der Waals surface area contributed by atoms with Crippen LogP contribution in [-0.4, -0.2) is 24.3 Å². The van der Waals surface area contributed by atoms with Gasteiger partial charge in [-0.1, -0.05) is 6.07 Å². The Balaban J connectivity index is 1.75. The van der Waals surface area contributed by atoms with Crippen molar-refractivity contribution < 1.29 is 19.1 Å². The molecule has 0 fully saturated rings. The fraction of sp³-hybridized carbons (Fsp3) is 0.350. The van der Waals surface area contributed by atoms with Crippen LogP contribution >= 0.6 is 11.3 Å². The highest BCUT2D eigenvalue weighted by molar-refractivity contribution is 7.12. The quantitative estimate of drug-likeness (QED) is 0.585. The van der Waals surface area contributed by atoms with Crippen molar-refractivity contribution in [3.8, 4) is 0 Å². The molecule has 1 aromatic carbocycles. The molecule has 1 amide bonds. The summed E-state index contributed by atoms with van der Waals surface area (Å²) in [6, 6.07) is 7.41. The Labute approximate surface area is 157 Å². The van der Waals surface area contributed by atoms with Gasteiger partial charge >= 0.3 is 5.97 Å². The zero-order chi connectivity index (χ0) is 19.3. The van der Waals surface area contributed by atoms with E-state index in [1.807, 2.05) is 45.9 Å². The molecule has 0 aliphatic rings. The second-order valence-electron chi connectivity index (χ2n) is 6.26. The summed E-state index contributed by atoms with van der Waals surface area (Å²) in [7, 11) is 0. The first kappa shape index (κ1) is 19.8. The summed E-state index contributed by atoms with van der Waals surface area (Å²) < 4.78 is 4.95. The highest BCUT2D eigenvalue weighted by atomic mass is 32.1. The fourth-order valence-corrected chi connectivity index (χ4v) is 3.43. The molecule has 2 aromatic rings. The van der Waals surface area contributed by atoms with Gasteiger partial charge < -0.3 is 10.1 Å². The van der Waals surface area contributed by atoms with Gasteiger partial charge in [0, 0.05) is 27.4 Å². The zero-order valence-electron chi connectivity index (χ0n) is 15.5. The van der Waals surface area contributed by atoms with Gasteiger partial charge in [0.25, 0.3) is 5.91 Å². The minimum Gasteiger partial charge on any atom is -0.456 e. The average molecular weight is 373 g/mol. The third-order valence-electron chi connectivity index (χ3n) is 4.05. The monoisotopic (exact) mass is 373 g/mol. The number of benzene rings is 1. The Morgan fingerprint density at radius 1 is 1.00 bits per heavy atom. The molecule has 5 nitrogen and oxygen atoms in total. The molecule has 0 atom stereocenters. The molecule has 138 valence electrons. The minimum absolute atomic E-state index is 0.0376. The highest BCUT2D eigenvalue weighted by Gasteiger charge is 2.15. The maximum absolute atomic E-state index is 12.1. The largest absolute Gasteiger partial charge is 0.456 e. The van der Waals surface area contributed by atoms with Crippen LogP contribution in [0.2, 0.25) is 0 Å². The number of Topliss-reactive ketones (excluding diaryl/α,β-unsaturated/α-hetero) is 1. The first-order valence-corrected chi connectivity index (χ1v) is 9.21. The molecule has 2 rings (SSSR count). The Kier molecular flexibility index (Phi) is 6.69. The van der Waals surface area contributed by atoms with Crippen molar-refractivity contribution >= 4 is 34.7 Å². The lowest BCUT2D eigenvalue weighted by atomic mass is 10.1. The van der Waals surface area contributed by atoms with Gasteiger partial charge in [-0.3, -0.25) is 14.4 Å². The van der Waals surface area contributed by atoms with Crippen molar-refractivity contribution in [1.29, 1.82) is 0 Å². The highest BCUT2D eigenvalue weighted by Crippen LogP contribution is 2.22. The smallest absolute Gasteiger partial charge is 0.306 e. The number of nitrogens with one attached hydrogen (secondary N) is 1. The van der Waals surface area contributed by atoms with Crippen LogP contribution in [0.5, 0.6) is 0 Å². The molecule has 0 aliphatic heterocycles. The van der Waals surface area contributed by atoms with Crippen molar-refractivity contribution in [1.82, 2.24) is 0 Å². The van der Waals surface area contributed by atoms with Crippen LogP contribution in [0.1, 0.15) is 44.1 Å². The maximum atomic E-state index is 12.1. The van der Waals surface area contributed by atoms with E-state index in [1.165, 1.54) is 0 Å². The lowest BCUT2D eigenvalue weighted by molar-refractivity contribution is -0.147. The van der Waals surface area contributed by atoms with Crippen molar-refractivity contribution in [2.24, 2.45) is 0 Å². The predicted molar refractivity (Wildman–Crippen MR) is 103 cm³/mol. The molecule has 6 heteroatoms. The van der Waals surface area contributed by atoms with Crippen LogP contribution in [0.25, 0.3) is 0 Å². The molecule has 1 heterocycles. The summed E-state index contributed by atoms with van der Waals surface area (Å²) in [5, 5.41) is 2.68. The van der Waals surface area contributed by atoms with E-state index < -0.39 is 11.9 Å². The number of hydrogen-bond donors (Lipinski definition) is 1. The maximum Gasteiger partial charge on any atom is 0.306 e. The Bertz CT molecular complexity index is 838. The minimum atomic E-state index is -0.557. The molecule has 0 spiro atoms. The Morgan fingerprint density at radius 2 is 1.73 bits per heavy atom. The van der Waals surface area contributed by atoms with Crippen LogP contribution in [0.4, 0.5) is 5.69 Å². The summed E-state index contributed by atoms with van der Waals surface area (Å²) in [6.45, 7) is 7.41. The number of aryl methyl sites for hydroxylation is 4. The number of hydrogen-bond acceptors (Lipinski definition) is 5. The summed E-state index contributed by atoms with van der Waals surface area (Å²) >= 11 is 1.56. The summed E-state index contributed by atoms with van der Waals surface area (Å²) in [4.78, 5) is 37.8. The number of ketones is 1. The van der Waals surface area contributed by atoms with Gasteiger partial charge in [0.1, 0.15) is 0 Å². The molecule has 0 saturated carbocycles. The van der Waals surface area contributed by atoms with Gasteiger partial charge in [0.05, 0.1) is 6.42 Å². The van der Waals surface area contributed by atoms with Crippen molar-refractivity contribution in [3.63, 3.8) is 0 Å². The fourth-order valence-electron chi connectivity index (χ4n) is 2.49. The molecule has 0 unspecified atom stereocenters. The molecular formula is C20H23NO4S. The zero-order valence-corrected chi connectivity index (χ0v) is 16.3. The van der Waals surface area contributed by atoms with Gasteiger partial charge in [-0.25, -0.2) is 0 Å². The van der Waals surface area contributed by atoms with Crippen molar-refractivity contribution in [2.45, 2.75) is 40.5 Å². The number of carbonyl (C=O) groups excluding carboxylic acids is 3. The number of ether oxygens (including phenoxy) is 1. The van der Waals surface area contributed by atoms with Gasteiger partial charge in [0.2, 0.25) is 0 Å². The number of esters is 1. The summed E-state index contributed by atoms with van der Waals surface area (Å²) in [5.41, 5.74) is 3.52. The third kappa shape index (κ3) is 5.52. The van der Waals surface area contributed by atoms with Crippen molar-refractivity contribution in [2.75, 3.05) is 11.9 Å². The number of carbonyl (C=O) groups is 3. The van der Waals surface area contributed by atoms with Gasteiger partial charge in [-0.05, 0) is 57.0 Å². The molecule has 0 aliphatic carbocycles. The summed E-state index contributed by atoms with van der Waals surface area (Å²) in [6.07, 6.45) is 0.0404. The normalized spacial score (nSPS) is 10.5. The van der Waals surface area contributed by atoms with E-state index in [0.717, 1.165) is 20.9 Å². The van der Waals surface area contributed by atoms with Gasteiger partial charge in [-0.2, -0.15) is 0 Å². The number of amides is 1. The van der Waals surface area contributed by atoms with Crippen LogP contribution in [0.3, 0.4) is 0 Å². The van der Waals surface area contributed by atoms with E-state index in [1.54, 1.807) is 17.4 Å². The van der Waals surface area contributed by atoms with Crippen molar-refractivity contribution in [3.05, 3.63) is 50.7 Å². The first-order chi connectivity index (χ1) is 12.3. The Morgan fingerprint density at radius 3 is 2.35 bits per heavy atom. The molecular weight excluding hydrogens is 350 g/mol. The lowest BCUT2D eigenvalue weighted by Crippen LogP contribution is -2.21. The molecule has 1 N–H and O–H groups in total. The molecule has 0 radical (unpaired) electrons. The van der Waals surface area contributed by atoms with E-state index in [4.69, 9.17) is 4.74 Å². The number of thiophene rings is 1. The standard InChI is InChI=1S/C20H23NO4S/c1-12-5-6-16(9-13(12)2)21-19(23)11-25-20(24)8-7-18(22)17-10-14(3)26-15(17)4/h5-6,9-10H,7-8,11H2,1-4H3,(H,21,23). The van der Waals surface area contributed by atoms with Crippen LogP contribution in [0.15, 0.2) is 24.3 Å². The topological polar surface area (TPSA) is 72.5 Å². The third-order valence-corrected chi connectivity index (χ3v) is 5.02. The van der Waals surface area contributed by atoms with E-state index >= 15 is 0 Å². The average Bonchev–Trinajstić information content (AvgIpc) is 2.92. The van der Waals surface area contributed by atoms with Crippen LogP contribution in [-0.2, 0) is 14.3 Å². The van der Waals surface area contributed by atoms with E-state index in [0.29, 0.717) is 11.3 Å². The van der Waals surface area contributed by atoms with E-state index in [9.17, 15) is 14.4 Å². The lowest BCUT2D eigenvalue weighted by Gasteiger charge is -2.08. The van der Waals surface area contributed by atoms with Gasteiger partial charge in [0.15, 0.2) is 12.4 Å².